The fraction of sp³-hybridized carbons (Fsp3) is 0.720. The molecule has 1 amide bonds. The number of nitro benzene ring substituents is 1. The molecule has 2 saturated heterocycles. The standard InChI is InChI=1S/C25H39N3O8S/c1-4-5-16-12-18(27(3)13-16)24(33)26-19(14(2)29)23-21(31)20(30)22(32)25(36-23)37-11-10-15-6-8-17(9-7-15)28(34)35/h6-9,14,16,18-23,25,29-32H,4-5,10-13H2,1-3H3,(H,26,33)/t14-,16-,18+,19-,20+,21-,22-,23-,25-/m1/s1. The summed E-state index contributed by atoms with van der Waals surface area (Å²) in [5.74, 6) is 0.610. The lowest BCUT2D eigenvalue weighted by atomic mass is 9.92. The average Bonchev–Trinajstić information content (AvgIpc) is 3.23. The second-order valence-electron chi connectivity index (χ2n) is 10.1. The number of thioether (sulfide) groups is 1. The van der Waals surface area contributed by atoms with E-state index in [1.807, 2.05) is 11.9 Å². The average molecular weight is 542 g/mol. The summed E-state index contributed by atoms with van der Waals surface area (Å²) in [6.07, 6.45) is -3.36. The lowest BCUT2D eigenvalue weighted by Crippen LogP contribution is -2.65. The van der Waals surface area contributed by atoms with Crippen LogP contribution in [0, 0.1) is 16.0 Å². The highest BCUT2D eigenvalue weighted by atomic mass is 32.2. The van der Waals surface area contributed by atoms with Crippen LogP contribution >= 0.6 is 11.8 Å². The van der Waals surface area contributed by atoms with Gasteiger partial charge in [-0.1, -0.05) is 25.5 Å². The molecule has 1 aromatic carbocycles. The number of aryl methyl sites for hydroxylation is 1. The Morgan fingerprint density at radius 3 is 2.51 bits per heavy atom. The van der Waals surface area contributed by atoms with Crippen molar-refractivity contribution in [2.75, 3.05) is 19.3 Å². The number of amides is 1. The molecule has 0 bridgehead atoms. The number of nitrogens with one attached hydrogen (secondary N) is 1. The second-order valence-corrected chi connectivity index (χ2v) is 11.3. The molecule has 2 aliphatic heterocycles. The third-order valence-corrected chi connectivity index (χ3v) is 8.40. The van der Waals surface area contributed by atoms with Gasteiger partial charge in [0.2, 0.25) is 5.91 Å². The van der Waals surface area contributed by atoms with Crippen LogP contribution in [0.2, 0.25) is 0 Å². The first-order chi connectivity index (χ1) is 17.5. The van der Waals surface area contributed by atoms with Gasteiger partial charge in [0.25, 0.3) is 5.69 Å². The van der Waals surface area contributed by atoms with Gasteiger partial charge in [0.15, 0.2) is 0 Å². The maximum absolute atomic E-state index is 13.1. The van der Waals surface area contributed by atoms with Gasteiger partial charge in [-0.05, 0) is 50.5 Å². The fourth-order valence-electron chi connectivity index (χ4n) is 5.15. The lowest BCUT2D eigenvalue weighted by molar-refractivity contribution is -0.384. The molecule has 12 heteroatoms. The smallest absolute Gasteiger partial charge is 0.269 e. The molecule has 11 nitrogen and oxygen atoms in total. The first kappa shape index (κ1) is 29.8. The van der Waals surface area contributed by atoms with Gasteiger partial charge in [-0.15, -0.1) is 11.8 Å². The number of likely N-dealkylation sites (N-methyl/N-ethyl adjacent to an activating group) is 1. The fourth-order valence-corrected chi connectivity index (χ4v) is 6.30. The van der Waals surface area contributed by atoms with Gasteiger partial charge in [0.05, 0.1) is 23.1 Å². The predicted octanol–water partition coefficient (Wildman–Crippen LogP) is 0.664. The van der Waals surface area contributed by atoms with Crippen molar-refractivity contribution in [3.63, 3.8) is 0 Å². The first-order valence-electron chi connectivity index (χ1n) is 12.8. The molecule has 0 aromatic heterocycles. The number of hydrogen-bond acceptors (Lipinski definition) is 10. The Bertz CT molecular complexity index is 904. The number of carbonyl (C=O) groups excluding carboxylic acids is 1. The highest BCUT2D eigenvalue weighted by Gasteiger charge is 2.48. The molecule has 3 rings (SSSR count). The number of aliphatic hydroxyl groups excluding tert-OH is 4. The van der Waals surface area contributed by atoms with Gasteiger partial charge < -0.3 is 30.5 Å². The van der Waals surface area contributed by atoms with Crippen LogP contribution in [0.25, 0.3) is 0 Å². The van der Waals surface area contributed by atoms with Crippen molar-refractivity contribution in [3.8, 4) is 0 Å². The van der Waals surface area contributed by atoms with Crippen LogP contribution in [-0.2, 0) is 16.0 Å². The van der Waals surface area contributed by atoms with E-state index >= 15 is 0 Å². The van der Waals surface area contributed by atoms with E-state index in [9.17, 15) is 35.3 Å². The number of ether oxygens (including phenoxy) is 1. The Hall–Kier alpha value is -1.80. The summed E-state index contributed by atoms with van der Waals surface area (Å²) >= 11 is 1.22. The molecule has 37 heavy (non-hydrogen) atoms. The van der Waals surface area contributed by atoms with E-state index in [0.717, 1.165) is 24.9 Å². The molecule has 1 aromatic rings. The van der Waals surface area contributed by atoms with Crippen molar-refractivity contribution in [3.05, 3.63) is 39.9 Å². The zero-order valence-electron chi connectivity index (χ0n) is 21.5. The summed E-state index contributed by atoms with van der Waals surface area (Å²) in [6, 6.07) is 4.79. The van der Waals surface area contributed by atoms with Crippen LogP contribution in [0.5, 0.6) is 0 Å². The van der Waals surface area contributed by atoms with Crippen molar-refractivity contribution in [2.24, 2.45) is 5.92 Å². The van der Waals surface area contributed by atoms with Crippen LogP contribution < -0.4 is 5.32 Å². The highest BCUT2D eigenvalue weighted by molar-refractivity contribution is 7.99. The molecular weight excluding hydrogens is 502 g/mol. The van der Waals surface area contributed by atoms with Gasteiger partial charge in [-0.25, -0.2) is 0 Å². The number of aliphatic hydroxyl groups is 4. The maximum atomic E-state index is 13.1. The summed E-state index contributed by atoms with van der Waals surface area (Å²) in [5.41, 5.74) is -0.0577. The minimum Gasteiger partial charge on any atom is -0.391 e. The van der Waals surface area contributed by atoms with Crippen LogP contribution in [0.3, 0.4) is 0 Å². The van der Waals surface area contributed by atoms with Gasteiger partial charge in [-0.3, -0.25) is 19.8 Å². The van der Waals surface area contributed by atoms with Gasteiger partial charge in [0, 0.05) is 18.7 Å². The molecule has 0 unspecified atom stereocenters. The minimum atomic E-state index is -1.53. The summed E-state index contributed by atoms with van der Waals surface area (Å²) in [6.45, 7) is 4.40. The number of likely N-dealkylation sites (tertiary alicyclic amines) is 1. The largest absolute Gasteiger partial charge is 0.391 e. The molecule has 0 radical (unpaired) electrons. The molecule has 5 N–H and O–H groups in total. The molecule has 2 fully saturated rings. The molecule has 2 heterocycles. The molecule has 0 spiro atoms. The van der Waals surface area contributed by atoms with Crippen molar-refractivity contribution >= 4 is 23.4 Å². The number of carbonyl (C=O) groups is 1. The van der Waals surface area contributed by atoms with E-state index < -0.39 is 46.9 Å². The zero-order chi connectivity index (χ0) is 27.3. The van der Waals surface area contributed by atoms with E-state index in [1.165, 1.54) is 30.8 Å². The summed E-state index contributed by atoms with van der Waals surface area (Å²) in [5, 5.41) is 55.9. The SMILES string of the molecule is CCC[C@@H]1C[C@@H](C(=O)N[C@@H]([C@H]2O[C@H](SCCc3ccc([N+](=O)[O-])cc3)[C@H](O)[C@@H](O)[C@H]2O)[C@@H](C)O)N(C)C1. The van der Waals surface area contributed by atoms with Crippen LogP contribution in [0.1, 0.15) is 38.7 Å². The quantitative estimate of drug-likeness (QED) is 0.198. The predicted molar refractivity (Wildman–Crippen MR) is 139 cm³/mol. The molecule has 0 saturated carbocycles. The summed E-state index contributed by atoms with van der Waals surface area (Å²) < 4.78 is 5.97. The van der Waals surface area contributed by atoms with Crippen LogP contribution in [-0.4, -0.2) is 104 Å². The van der Waals surface area contributed by atoms with E-state index in [2.05, 4.69) is 12.2 Å². The maximum Gasteiger partial charge on any atom is 0.269 e. The van der Waals surface area contributed by atoms with Crippen LogP contribution in [0.15, 0.2) is 24.3 Å². The van der Waals surface area contributed by atoms with Crippen molar-refractivity contribution in [1.29, 1.82) is 0 Å². The topological polar surface area (TPSA) is 166 Å². The minimum absolute atomic E-state index is 0.00159. The van der Waals surface area contributed by atoms with E-state index in [1.54, 1.807) is 12.1 Å². The van der Waals surface area contributed by atoms with Crippen LogP contribution in [0.4, 0.5) is 5.69 Å². The zero-order valence-corrected chi connectivity index (χ0v) is 22.3. The monoisotopic (exact) mass is 541 g/mol. The number of hydrogen-bond donors (Lipinski definition) is 5. The summed E-state index contributed by atoms with van der Waals surface area (Å²) in [7, 11) is 1.89. The Kier molecular flexibility index (Phi) is 10.7. The lowest BCUT2D eigenvalue weighted by Gasteiger charge is -2.44. The number of non-ortho nitro benzene ring substituents is 1. The Morgan fingerprint density at radius 1 is 1.24 bits per heavy atom. The van der Waals surface area contributed by atoms with Gasteiger partial charge in [-0.2, -0.15) is 0 Å². The number of rotatable bonds is 11. The first-order valence-corrected chi connectivity index (χ1v) is 13.8. The van der Waals surface area contributed by atoms with E-state index in [4.69, 9.17) is 4.74 Å². The van der Waals surface area contributed by atoms with E-state index in [0.29, 0.717) is 24.5 Å². The van der Waals surface area contributed by atoms with Gasteiger partial charge in [0.1, 0.15) is 29.9 Å². The number of nitrogens with zero attached hydrogens (tertiary/aromatic N) is 2. The third-order valence-electron chi connectivity index (χ3n) is 7.24. The molecule has 9 atom stereocenters. The molecule has 208 valence electrons. The van der Waals surface area contributed by atoms with Crippen molar-refractivity contribution < 1.29 is 34.9 Å². The third kappa shape index (κ3) is 7.41. The number of nitro groups is 1. The Morgan fingerprint density at radius 2 is 1.92 bits per heavy atom. The Labute approximate surface area is 221 Å². The Balaban J connectivity index is 1.63. The normalized spacial score (nSPS) is 32.1. The molecule has 0 aliphatic carbocycles. The van der Waals surface area contributed by atoms with Crippen molar-refractivity contribution in [1.82, 2.24) is 10.2 Å². The van der Waals surface area contributed by atoms with Crippen molar-refractivity contribution in [2.45, 2.75) is 87.6 Å². The molecular formula is C25H39N3O8S. The second kappa shape index (κ2) is 13.3. The van der Waals surface area contributed by atoms with Gasteiger partial charge >= 0.3 is 0 Å². The molecule has 2 aliphatic rings. The summed E-state index contributed by atoms with van der Waals surface area (Å²) in [4.78, 5) is 25.5. The number of benzene rings is 1. The highest BCUT2D eigenvalue weighted by Crippen LogP contribution is 2.32. The van der Waals surface area contributed by atoms with E-state index in [-0.39, 0.29) is 17.6 Å².